The topological polar surface area (TPSA) is 97.2 Å². The Balaban J connectivity index is 2.38. The Morgan fingerprint density at radius 2 is 1.90 bits per heavy atom. The van der Waals surface area contributed by atoms with Crippen LogP contribution in [0.3, 0.4) is 0 Å². The molecule has 0 saturated heterocycles. The van der Waals surface area contributed by atoms with Crippen molar-refractivity contribution in [3.05, 3.63) is 53.1 Å². The van der Waals surface area contributed by atoms with Crippen LogP contribution in [0.2, 0.25) is 5.02 Å². The molecule has 0 amide bonds. The average Bonchev–Trinajstić information content (AvgIpc) is 2.39. The van der Waals surface area contributed by atoms with Crippen LogP contribution in [0.25, 0.3) is 0 Å². The van der Waals surface area contributed by atoms with Crippen molar-refractivity contribution in [2.24, 2.45) is 0 Å². The molecule has 2 aromatic rings. The van der Waals surface area contributed by atoms with E-state index in [2.05, 4.69) is 9.97 Å². The molecule has 8 heteroatoms. The number of carboxylic acid groups (broad SMARTS) is 1. The number of rotatable bonds is 4. The Kier molecular flexibility index (Phi) is 4.01. The van der Waals surface area contributed by atoms with E-state index in [1.165, 1.54) is 24.3 Å². The first-order valence-corrected chi connectivity index (χ1v) is 7.43. The lowest BCUT2D eigenvalue weighted by atomic mass is 10.2. The predicted molar refractivity (Wildman–Crippen MR) is 71.3 cm³/mol. The first-order valence-electron chi connectivity index (χ1n) is 5.40. The summed E-state index contributed by atoms with van der Waals surface area (Å²) in [5, 5.41) is 9.39. The standard InChI is InChI=1S/C12H9ClN2O4S/c13-8-1-3-9(4-2-8)20(18,19)6-11-10(12(16)17)5-14-7-15-11/h1-5,7H,6H2,(H,16,17). The summed E-state index contributed by atoms with van der Waals surface area (Å²) in [6.45, 7) is 0. The van der Waals surface area contributed by atoms with Crippen molar-refractivity contribution in [2.45, 2.75) is 10.6 Å². The molecule has 0 bridgehead atoms. The summed E-state index contributed by atoms with van der Waals surface area (Å²) in [7, 11) is -3.70. The number of carbonyl (C=O) groups is 1. The van der Waals surface area contributed by atoms with E-state index in [4.69, 9.17) is 16.7 Å². The van der Waals surface area contributed by atoms with Crippen LogP contribution in [0.1, 0.15) is 16.1 Å². The fourth-order valence-corrected chi connectivity index (χ4v) is 2.99. The molecule has 1 N–H and O–H groups in total. The maximum absolute atomic E-state index is 12.2. The molecule has 20 heavy (non-hydrogen) atoms. The summed E-state index contributed by atoms with van der Waals surface area (Å²) >= 11 is 5.70. The van der Waals surface area contributed by atoms with Gasteiger partial charge >= 0.3 is 5.97 Å². The third kappa shape index (κ3) is 3.12. The van der Waals surface area contributed by atoms with Gasteiger partial charge in [0.2, 0.25) is 0 Å². The molecule has 1 heterocycles. The number of aromatic carboxylic acids is 1. The second-order valence-electron chi connectivity index (χ2n) is 3.90. The lowest BCUT2D eigenvalue weighted by molar-refractivity contribution is 0.0695. The Morgan fingerprint density at radius 3 is 2.50 bits per heavy atom. The van der Waals surface area contributed by atoms with Gasteiger partial charge in [-0.25, -0.2) is 23.2 Å². The molecule has 0 spiro atoms. The maximum Gasteiger partial charge on any atom is 0.339 e. The quantitative estimate of drug-likeness (QED) is 0.924. The lowest BCUT2D eigenvalue weighted by Gasteiger charge is -2.06. The first-order chi connectivity index (χ1) is 9.40. The zero-order valence-corrected chi connectivity index (χ0v) is 11.6. The summed E-state index contributed by atoms with van der Waals surface area (Å²) in [4.78, 5) is 18.4. The van der Waals surface area contributed by atoms with Gasteiger partial charge < -0.3 is 5.11 Å². The molecule has 0 fully saturated rings. The van der Waals surface area contributed by atoms with Crippen molar-refractivity contribution in [3.8, 4) is 0 Å². The summed E-state index contributed by atoms with van der Waals surface area (Å²) in [5.74, 6) is -1.79. The van der Waals surface area contributed by atoms with Crippen molar-refractivity contribution in [1.29, 1.82) is 0 Å². The number of carboxylic acids is 1. The molecule has 104 valence electrons. The highest BCUT2D eigenvalue weighted by molar-refractivity contribution is 7.90. The van der Waals surface area contributed by atoms with E-state index < -0.39 is 21.6 Å². The Labute approximate surface area is 120 Å². The zero-order valence-electron chi connectivity index (χ0n) is 10.0. The van der Waals surface area contributed by atoms with Crippen LogP contribution in [0.15, 0.2) is 41.7 Å². The van der Waals surface area contributed by atoms with Crippen LogP contribution in [-0.2, 0) is 15.6 Å². The third-order valence-corrected chi connectivity index (χ3v) is 4.42. The Bertz CT molecular complexity index is 744. The van der Waals surface area contributed by atoms with E-state index in [0.717, 1.165) is 12.5 Å². The molecule has 0 aliphatic heterocycles. The predicted octanol–water partition coefficient (Wildman–Crippen LogP) is 1.80. The van der Waals surface area contributed by atoms with E-state index in [1.54, 1.807) is 0 Å². The zero-order chi connectivity index (χ0) is 14.8. The second kappa shape index (κ2) is 5.56. The Hall–Kier alpha value is -1.99. The van der Waals surface area contributed by atoms with Gasteiger partial charge in [0.1, 0.15) is 11.9 Å². The molecule has 6 nitrogen and oxygen atoms in total. The minimum Gasteiger partial charge on any atom is -0.478 e. The molecule has 1 aromatic carbocycles. The summed E-state index contributed by atoms with van der Waals surface area (Å²) in [6.07, 6.45) is 2.18. The van der Waals surface area contributed by atoms with Gasteiger partial charge in [0.05, 0.1) is 16.3 Å². The second-order valence-corrected chi connectivity index (χ2v) is 6.33. The van der Waals surface area contributed by atoms with Gasteiger partial charge in [0.25, 0.3) is 0 Å². The van der Waals surface area contributed by atoms with Gasteiger partial charge in [-0.05, 0) is 24.3 Å². The van der Waals surface area contributed by atoms with Crippen LogP contribution in [0.4, 0.5) is 0 Å². The SMILES string of the molecule is O=C(O)c1cncnc1CS(=O)(=O)c1ccc(Cl)cc1. The van der Waals surface area contributed by atoms with Crippen molar-refractivity contribution in [3.63, 3.8) is 0 Å². The highest BCUT2D eigenvalue weighted by Gasteiger charge is 2.21. The van der Waals surface area contributed by atoms with Gasteiger partial charge in [-0.2, -0.15) is 0 Å². The molecular formula is C12H9ClN2O4S. The third-order valence-electron chi connectivity index (χ3n) is 2.52. The number of sulfone groups is 1. The summed E-state index contributed by atoms with van der Waals surface area (Å²) in [5.41, 5.74) is -0.285. The van der Waals surface area contributed by atoms with Crippen LogP contribution >= 0.6 is 11.6 Å². The van der Waals surface area contributed by atoms with Gasteiger partial charge in [-0.1, -0.05) is 11.6 Å². The number of nitrogens with zero attached hydrogens (tertiary/aromatic N) is 2. The van der Waals surface area contributed by atoms with Gasteiger partial charge in [-0.15, -0.1) is 0 Å². The fourth-order valence-electron chi connectivity index (χ4n) is 1.55. The van der Waals surface area contributed by atoms with Crippen molar-refractivity contribution in [2.75, 3.05) is 0 Å². The lowest BCUT2D eigenvalue weighted by Crippen LogP contribution is -2.12. The number of hydrogen-bond acceptors (Lipinski definition) is 5. The van der Waals surface area contributed by atoms with E-state index in [9.17, 15) is 13.2 Å². The van der Waals surface area contributed by atoms with E-state index in [0.29, 0.717) is 5.02 Å². The van der Waals surface area contributed by atoms with Gasteiger partial charge in [-0.3, -0.25) is 0 Å². The van der Waals surface area contributed by atoms with Crippen LogP contribution in [0.5, 0.6) is 0 Å². The van der Waals surface area contributed by atoms with Crippen molar-refractivity contribution < 1.29 is 18.3 Å². The number of hydrogen-bond donors (Lipinski definition) is 1. The van der Waals surface area contributed by atoms with E-state index in [1.807, 2.05) is 0 Å². The van der Waals surface area contributed by atoms with Crippen LogP contribution in [0, 0.1) is 0 Å². The molecule has 0 aliphatic carbocycles. The largest absolute Gasteiger partial charge is 0.478 e. The van der Waals surface area contributed by atoms with Crippen LogP contribution in [-0.4, -0.2) is 29.5 Å². The molecule has 1 aromatic heterocycles. The number of halogens is 1. The van der Waals surface area contributed by atoms with Gasteiger partial charge in [0.15, 0.2) is 9.84 Å². The fraction of sp³-hybridized carbons (Fsp3) is 0.0833. The molecular weight excluding hydrogens is 304 g/mol. The molecule has 0 aliphatic rings. The molecule has 2 rings (SSSR count). The summed E-state index contributed by atoms with van der Waals surface area (Å²) < 4.78 is 24.4. The van der Waals surface area contributed by atoms with Crippen molar-refractivity contribution in [1.82, 2.24) is 9.97 Å². The molecule has 0 atom stereocenters. The maximum atomic E-state index is 12.2. The number of aromatic nitrogens is 2. The highest BCUT2D eigenvalue weighted by Crippen LogP contribution is 2.19. The normalized spacial score (nSPS) is 11.2. The average molecular weight is 313 g/mol. The molecule has 0 radical (unpaired) electrons. The number of benzene rings is 1. The van der Waals surface area contributed by atoms with E-state index >= 15 is 0 Å². The molecule has 0 saturated carbocycles. The minimum absolute atomic E-state index is 0.0526. The Morgan fingerprint density at radius 1 is 1.25 bits per heavy atom. The van der Waals surface area contributed by atoms with E-state index in [-0.39, 0.29) is 16.2 Å². The molecule has 0 unspecified atom stereocenters. The smallest absolute Gasteiger partial charge is 0.339 e. The van der Waals surface area contributed by atoms with Crippen molar-refractivity contribution >= 4 is 27.4 Å². The monoisotopic (exact) mass is 312 g/mol. The minimum atomic E-state index is -3.70. The highest BCUT2D eigenvalue weighted by atomic mass is 35.5. The van der Waals surface area contributed by atoms with Crippen LogP contribution < -0.4 is 0 Å². The summed E-state index contributed by atoms with van der Waals surface area (Å²) in [6, 6.07) is 5.62. The first kappa shape index (κ1) is 14.4. The van der Waals surface area contributed by atoms with Gasteiger partial charge in [0, 0.05) is 11.2 Å².